The van der Waals surface area contributed by atoms with Gasteiger partial charge in [-0.15, -0.1) is 0 Å². The zero-order valence-corrected chi connectivity index (χ0v) is 30.7. The average molecular weight is 717 g/mol. The molecule has 0 radical (unpaired) electrons. The van der Waals surface area contributed by atoms with Crippen LogP contribution >= 0.6 is 0 Å². The SMILES string of the molecule is COC(=O)[C@@H]1C/C=C\COc2ccc(cc2)C[C@H](NC(C)=O)C(=O)N[C@@H](CCCCN=C(NC(=O)OC(C)(C)C)NC(=O)OC(C)(C)C)C(=O)N1. The Kier molecular flexibility index (Phi) is 16.4. The fourth-order valence-corrected chi connectivity index (χ4v) is 4.59. The summed E-state index contributed by atoms with van der Waals surface area (Å²) in [5, 5.41) is 12.9. The van der Waals surface area contributed by atoms with Crippen LogP contribution in [0.5, 0.6) is 5.75 Å². The maximum Gasteiger partial charge on any atom is 0.414 e. The Labute approximate surface area is 298 Å². The minimum absolute atomic E-state index is 0.0887. The van der Waals surface area contributed by atoms with Gasteiger partial charge < -0.3 is 34.9 Å². The van der Waals surface area contributed by atoms with Crippen molar-refractivity contribution in [2.75, 3.05) is 20.3 Å². The Morgan fingerprint density at radius 1 is 0.882 bits per heavy atom. The topological polar surface area (TPSA) is 212 Å². The number of ether oxygens (including phenoxy) is 4. The van der Waals surface area contributed by atoms with E-state index >= 15 is 0 Å². The molecule has 0 aliphatic carbocycles. The van der Waals surface area contributed by atoms with Crippen molar-refractivity contribution in [2.24, 2.45) is 4.99 Å². The molecule has 0 aromatic heterocycles. The van der Waals surface area contributed by atoms with E-state index in [9.17, 15) is 28.8 Å². The van der Waals surface area contributed by atoms with Gasteiger partial charge in [-0.3, -0.25) is 30.0 Å². The van der Waals surface area contributed by atoms with Gasteiger partial charge >= 0.3 is 18.2 Å². The first-order valence-corrected chi connectivity index (χ1v) is 16.7. The molecule has 2 aliphatic rings. The van der Waals surface area contributed by atoms with E-state index in [1.54, 1.807) is 78.0 Å². The molecule has 0 saturated heterocycles. The number of alkyl carbamates (subject to hydrolysis) is 2. The predicted octanol–water partition coefficient (Wildman–Crippen LogP) is 2.79. The van der Waals surface area contributed by atoms with Crippen molar-refractivity contribution in [3.05, 3.63) is 42.0 Å². The van der Waals surface area contributed by atoms with Crippen molar-refractivity contribution in [1.29, 1.82) is 0 Å². The van der Waals surface area contributed by atoms with Gasteiger partial charge in [0, 0.05) is 19.9 Å². The van der Waals surface area contributed by atoms with Crippen molar-refractivity contribution in [1.82, 2.24) is 26.6 Å². The summed E-state index contributed by atoms with van der Waals surface area (Å²) < 4.78 is 21.1. The molecule has 1 aromatic rings. The summed E-state index contributed by atoms with van der Waals surface area (Å²) in [6.07, 6.45) is 2.74. The van der Waals surface area contributed by atoms with Gasteiger partial charge in [0.1, 0.15) is 41.7 Å². The molecular formula is C35H52N6O10. The van der Waals surface area contributed by atoms with Crippen LogP contribution in [0.2, 0.25) is 0 Å². The number of fused-ring (bicyclic) bond motifs is 13. The lowest BCUT2D eigenvalue weighted by atomic mass is 10.0. The molecule has 0 spiro atoms. The van der Waals surface area contributed by atoms with Crippen LogP contribution in [-0.4, -0.2) is 91.4 Å². The summed E-state index contributed by atoms with van der Waals surface area (Å²) in [5.74, 6) is -1.97. The number of unbranched alkanes of at least 4 members (excludes halogenated alkanes) is 1. The third-order valence-corrected chi connectivity index (χ3v) is 6.79. The maximum absolute atomic E-state index is 13.6. The molecule has 2 bridgehead atoms. The number of nitrogens with zero attached hydrogens (tertiary/aromatic N) is 1. The van der Waals surface area contributed by atoms with Crippen LogP contribution in [0.1, 0.15) is 79.7 Å². The number of methoxy groups -OCH3 is 1. The summed E-state index contributed by atoms with van der Waals surface area (Å²) >= 11 is 0. The van der Waals surface area contributed by atoms with Gasteiger partial charge in [0.05, 0.1) is 7.11 Å². The molecule has 0 fully saturated rings. The van der Waals surface area contributed by atoms with Gasteiger partial charge in [-0.1, -0.05) is 24.3 Å². The van der Waals surface area contributed by atoms with E-state index in [-0.39, 0.29) is 38.4 Å². The van der Waals surface area contributed by atoms with Gasteiger partial charge in [0.25, 0.3) is 0 Å². The molecule has 5 N–H and O–H groups in total. The second kappa shape index (κ2) is 19.9. The first kappa shape index (κ1) is 42.0. The fraction of sp³-hybridized carbons (Fsp3) is 0.571. The van der Waals surface area contributed by atoms with Crippen molar-refractivity contribution in [3.8, 4) is 5.75 Å². The van der Waals surface area contributed by atoms with Gasteiger partial charge in [-0.25, -0.2) is 14.4 Å². The van der Waals surface area contributed by atoms with E-state index in [4.69, 9.17) is 18.9 Å². The molecule has 282 valence electrons. The van der Waals surface area contributed by atoms with Gasteiger partial charge in [-0.05, 0) is 84.9 Å². The highest BCUT2D eigenvalue weighted by Gasteiger charge is 2.30. The molecule has 1 aromatic carbocycles. The van der Waals surface area contributed by atoms with Crippen LogP contribution in [0, 0.1) is 0 Å². The highest BCUT2D eigenvalue weighted by molar-refractivity contribution is 6.01. The van der Waals surface area contributed by atoms with Crippen molar-refractivity contribution < 1.29 is 47.7 Å². The van der Waals surface area contributed by atoms with Crippen LogP contribution < -0.4 is 31.3 Å². The molecule has 16 nitrogen and oxygen atoms in total. The van der Waals surface area contributed by atoms with Gasteiger partial charge in [0.2, 0.25) is 23.7 Å². The van der Waals surface area contributed by atoms with E-state index in [0.29, 0.717) is 18.6 Å². The minimum Gasteiger partial charge on any atom is -0.490 e. The molecule has 3 atom stereocenters. The Bertz CT molecular complexity index is 1400. The summed E-state index contributed by atoms with van der Waals surface area (Å²) in [4.78, 5) is 80.9. The zero-order valence-electron chi connectivity index (χ0n) is 30.7. The molecule has 2 heterocycles. The number of carbonyl (C=O) groups is 6. The van der Waals surface area contributed by atoms with Crippen molar-refractivity contribution in [3.63, 3.8) is 0 Å². The van der Waals surface area contributed by atoms with Crippen LogP contribution in [0.25, 0.3) is 0 Å². The third kappa shape index (κ3) is 17.4. The van der Waals surface area contributed by atoms with E-state index in [0.717, 1.165) is 5.56 Å². The van der Waals surface area contributed by atoms with Crippen LogP contribution in [-0.2, 0) is 39.8 Å². The monoisotopic (exact) mass is 716 g/mol. The van der Waals surface area contributed by atoms with Gasteiger partial charge in [-0.2, -0.15) is 0 Å². The molecule has 0 unspecified atom stereocenters. The van der Waals surface area contributed by atoms with Crippen molar-refractivity contribution in [2.45, 2.75) is 110 Å². The normalized spacial score (nSPS) is 19.1. The molecule has 5 amide bonds. The number of carbonyl (C=O) groups excluding carboxylic acids is 6. The Hall–Kier alpha value is -5.15. The number of nitrogens with one attached hydrogen (secondary N) is 5. The third-order valence-electron chi connectivity index (χ3n) is 6.79. The predicted molar refractivity (Wildman–Crippen MR) is 188 cm³/mol. The minimum atomic E-state index is -1.12. The Morgan fingerprint density at radius 2 is 1.49 bits per heavy atom. The quantitative estimate of drug-likeness (QED) is 0.0695. The lowest BCUT2D eigenvalue weighted by Crippen LogP contribution is -2.56. The molecule has 16 heteroatoms. The number of aliphatic imine (C=N–C) groups is 1. The second-order valence-corrected chi connectivity index (χ2v) is 13.7. The molecule has 51 heavy (non-hydrogen) atoms. The first-order chi connectivity index (χ1) is 23.8. The first-order valence-electron chi connectivity index (χ1n) is 16.7. The summed E-state index contributed by atoms with van der Waals surface area (Å²) in [5.41, 5.74) is -0.870. The lowest BCUT2D eigenvalue weighted by Gasteiger charge is -2.24. The standard InChI is InChI=1S/C35H52N6O10/c1-22(42)37-27-21-23-15-17-24(18-16-23)49-20-12-10-14-26(30(45)48-8)39-28(43)25(38-29(27)44)13-9-11-19-36-31(40-32(46)50-34(2,3)4)41-33(47)51-35(5,6)7/h10,12,15-18,25-27H,9,11,13-14,19-21H2,1-8H3,(H,37,42)(H,38,44)(H,39,43)(H2,36,40,41,46,47)/b12-10-/t25-,26-,27-/m0/s1. The van der Waals surface area contributed by atoms with Crippen LogP contribution in [0.15, 0.2) is 41.4 Å². The maximum atomic E-state index is 13.6. The number of hydrogen-bond donors (Lipinski definition) is 5. The molecule has 0 saturated carbocycles. The second-order valence-electron chi connectivity index (χ2n) is 13.7. The lowest BCUT2D eigenvalue weighted by molar-refractivity contribution is -0.145. The zero-order chi connectivity index (χ0) is 38.2. The number of esters is 1. The Morgan fingerprint density at radius 3 is 2.04 bits per heavy atom. The number of hydrogen-bond acceptors (Lipinski definition) is 11. The average Bonchev–Trinajstić information content (AvgIpc) is 3.00. The van der Waals surface area contributed by atoms with Crippen molar-refractivity contribution >= 4 is 41.8 Å². The Balaban J connectivity index is 2.28. The van der Waals surface area contributed by atoms with E-state index in [1.165, 1.54) is 14.0 Å². The number of rotatable bonds is 7. The molecular weight excluding hydrogens is 664 g/mol. The summed E-state index contributed by atoms with van der Waals surface area (Å²) in [7, 11) is 1.20. The van der Waals surface area contributed by atoms with E-state index < -0.39 is 65.2 Å². The highest BCUT2D eigenvalue weighted by Crippen LogP contribution is 2.15. The smallest absolute Gasteiger partial charge is 0.414 e. The molecule has 2 aliphatic heterocycles. The number of amides is 5. The number of benzene rings is 1. The van der Waals surface area contributed by atoms with Gasteiger partial charge in [0.15, 0.2) is 0 Å². The summed E-state index contributed by atoms with van der Waals surface area (Å²) in [6.45, 7) is 11.7. The van der Waals surface area contributed by atoms with Crippen LogP contribution in [0.3, 0.4) is 0 Å². The fourth-order valence-electron chi connectivity index (χ4n) is 4.59. The van der Waals surface area contributed by atoms with Crippen LogP contribution in [0.4, 0.5) is 9.59 Å². The van der Waals surface area contributed by atoms with E-state index in [1.807, 2.05) is 0 Å². The summed E-state index contributed by atoms with van der Waals surface area (Å²) in [6, 6.07) is 3.87. The number of guanidine groups is 1. The van der Waals surface area contributed by atoms with E-state index in [2.05, 4.69) is 31.6 Å². The molecule has 3 rings (SSSR count). The largest absolute Gasteiger partial charge is 0.490 e. The highest BCUT2D eigenvalue weighted by atomic mass is 16.6.